The highest BCUT2D eigenvalue weighted by Gasteiger charge is 2.32. The molecule has 0 bridgehead atoms. The van der Waals surface area contributed by atoms with Gasteiger partial charge in [-0.2, -0.15) is 0 Å². The van der Waals surface area contributed by atoms with E-state index in [1.54, 1.807) is 19.2 Å². The minimum Gasteiger partial charge on any atom is -0.497 e. The third kappa shape index (κ3) is 4.20. The zero-order valence-corrected chi connectivity index (χ0v) is 15.1. The minimum atomic E-state index is -0.264. The van der Waals surface area contributed by atoms with Crippen molar-refractivity contribution in [3.8, 4) is 5.75 Å². The van der Waals surface area contributed by atoms with E-state index in [1.165, 1.54) is 12.1 Å². The second-order valence-electron chi connectivity index (χ2n) is 6.70. The summed E-state index contributed by atoms with van der Waals surface area (Å²) >= 11 is 0. The lowest BCUT2D eigenvalue weighted by Crippen LogP contribution is -2.42. The van der Waals surface area contributed by atoms with E-state index in [-0.39, 0.29) is 29.5 Å². The van der Waals surface area contributed by atoms with Gasteiger partial charge in [-0.15, -0.1) is 0 Å². The molecule has 0 aromatic heterocycles. The van der Waals surface area contributed by atoms with E-state index in [4.69, 9.17) is 4.74 Å². The van der Waals surface area contributed by atoms with Gasteiger partial charge in [-0.3, -0.25) is 4.79 Å². The van der Waals surface area contributed by atoms with Crippen molar-refractivity contribution in [3.63, 3.8) is 0 Å². The van der Waals surface area contributed by atoms with Crippen LogP contribution in [-0.4, -0.2) is 25.5 Å². The first-order valence-electron chi connectivity index (χ1n) is 8.90. The average molecular weight is 353 g/mol. The van der Waals surface area contributed by atoms with Crippen LogP contribution in [-0.2, 0) is 11.2 Å². The molecule has 1 aliphatic heterocycles. The number of hydrogen-bond acceptors (Lipinski definition) is 3. The minimum absolute atomic E-state index is 0.0250. The van der Waals surface area contributed by atoms with E-state index < -0.39 is 0 Å². The van der Waals surface area contributed by atoms with Gasteiger partial charge in [0, 0.05) is 18.4 Å². The molecule has 1 aliphatic rings. The summed E-state index contributed by atoms with van der Waals surface area (Å²) in [4.78, 5) is 13.1. The lowest BCUT2D eigenvalue weighted by atomic mass is 9.77. The van der Waals surface area contributed by atoms with Crippen LogP contribution in [0.4, 0.5) is 4.39 Å². The summed E-state index contributed by atoms with van der Waals surface area (Å²) in [6, 6.07) is 14.1. The van der Waals surface area contributed by atoms with Crippen molar-refractivity contribution < 1.29 is 13.9 Å². The molecule has 3 nitrogen and oxygen atoms in total. The summed E-state index contributed by atoms with van der Waals surface area (Å²) in [5.41, 5.74) is 2.04. The maximum atomic E-state index is 13.2. The van der Waals surface area contributed by atoms with E-state index in [0.29, 0.717) is 13.0 Å². The molecule has 0 fully saturated rings. The second kappa shape index (κ2) is 8.28. The molecule has 2 aromatic rings. The average Bonchev–Trinajstić information content (AvgIpc) is 2.67. The Labute approximate surface area is 153 Å². The third-order valence-electron chi connectivity index (χ3n) is 4.98. The molecule has 0 spiro atoms. The van der Waals surface area contributed by atoms with Crippen molar-refractivity contribution in [2.75, 3.05) is 13.7 Å². The fraction of sp³-hybridized carbons (Fsp3) is 0.318. The summed E-state index contributed by atoms with van der Waals surface area (Å²) in [5, 5.41) is 3.23. The number of methoxy groups -OCH3 is 1. The van der Waals surface area contributed by atoms with Crippen LogP contribution in [0.1, 0.15) is 24.0 Å². The Hall–Kier alpha value is -2.46. The Morgan fingerprint density at radius 2 is 1.81 bits per heavy atom. The Bertz CT molecular complexity index is 768. The number of rotatable bonds is 4. The molecule has 26 heavy (non-hydrogen) atoms. The maximum absolute atomic E-state index is 13.2. The van der Waals surface area contributed by atoms with Crippen LogP contribution in [0.3, 0.4) is 0 Å². The number of ether oxygens (including phenoxy) is 1. The molecule has 0 saturated carbocycles. The van der Waals surface area contributed by atoms with Gasteiger partial charge in [-0.05, 0) is 48.7 Å². The van der Waals surface area contributed by atoms with Crippen molar-refractivity contribution in [3.05, 3.63) is 77.6 Å². The maximum Gasteiger partial charge on any atom is 0.153 e. The number of benzene rings is 2. The van der Waals surface area contributed by atoms with Crippen LogP contribution in [0, 0.1) is 11.7 Å². The molecule has 0 amide bonds. The molecular formula is C22H24FNO2. The van der Waals surface area contributed by atoms with Gasteiger partial charge in [0.25, 0.3) is 0 Å². The summed E-state index contributed by atoms with van der Waals surface area (Å²) in [7, 11) is 1.64. The molecule has 0 unspecified atom stereocenters. The highest BCUT2D eigenvalue weighted by atomic mass is 19.1. The predicted molar refractivity (Wildman–Crippen MR) is 101 cm³/mol. The van der Waals surface area contributed by atoms with Crippen LogP contribution in [0.5, 0.6) is 5.75 Å². The monoisotopic (exact) mass is 353 g/mol. The first kappa shape index (κ1) is 18.3. The molecule has 4 heteroatoms. The fourth-order valence-corrected chi connectivity index (χ4v) is 3.46. The van der Waals surface area contributed by atoms with Crippen molar-refractivity contribution in [2.24, 2.45) is 5.92 Å². The lowest BCUT2D eigenvalue weighted by Gasteiger charge is -2.29. The molecule has 3 rings (SSSR count). The van der Waals surface area contributed by atoms with Gasteiger partial charge in [-0.25, -0.2) is 4.39 Å². The first-order chi connectivity index (χ1) is 12.6. The summed E-state index contributed by atoms with van der Waals surface area (Å²) in [5.74, 6) is 0.467. The van der Waals surface area contributed by atoms with Gasteiger partial charge < -0.3 is 10.1 Å². The first-order valence-corrected chi connectivity index (χ1v) is 8.90. The second-order valence-corrected chi connectivity index (χ2v) is 6.70. The summed E-state index contributed by atoms with van der Waals surface area (Å²) in [6.45, 7) is 2.58. The van der Waals surface area contributed by atoms with Gasteiger partial charge >= 0.3 is 0 Å². The van der Waals surface area contributed by atoms with Gasteiger partial charge in [0.1, 0.15) is 11.6 Å². The molecule has 2 aromatic carbocycles. The SMILES string of the molecule is COc1ccc([C@@H]2/C=C\CN[C@@H](C)C(=O)[C@H]2Cc2ccc(F)cc2)cc1. The molecule has 0 aliphatic carbocycles. The summed E-state index contributed by atoms with van der Waals surface area (Å²) < 4.78 is 18.5. The Morgan fingerprint density at radius 3 is 2.46 bits per heavy atom. The Balaban J connectivity index is 1.95. The van der Waals surface area contributed by atoms with Crippen LogP contribution >= 0.6 is 0 Å². The van der Waals surface area contributed by atoms with E-state index in [0.717, 1.165) is 16.9 Å². The molecule has 1 heterocycles. The van der Waals surface area contributed by atoms with Crippen LogP contribution in [0.25, 0.3) is 0 Å². The fourth-order valence-electron chi connectivity index (χ4n) is 3.46. The number of carbonyl (C=O) groups is 1. The zero-order chi connectivity index (χ0) is 18.5. The quantitative estimate of drug-likeness (QED) is 0.848. The molecule has 3 atom stereocenters. The van der Waals surface area contributed by atoms with Gasteiger partial charge in [0.2, 0.25) is 0 Å². The number of ketones is 1. The van der Waals surface area contributed by atoms with Crippen molar-refractivity contribution in [1.82, 2.24) is 5.32 Å². The van der Waals surface area contributed by atoms with Crippen molar-refractivity contribution in [2.45, 2.75) is 25.3 Å². The van der Waals surface area contributed by atoms with Gasteiger partial charge in [0.05, 0.1) is 13.2 Å². The van der Waals surface area contributed by atoms with Crippen LogP contribution < -0.4 is 10.1 Å². The van der Waals surface area contributed by atoms with Crippen LogP contribution in [0.2, 0.25) is 0 Å². The largest absolute Gasteiger partial charge is 0.497 e. The van der Waals surface area contributed by atoms with Crippen molar-refractivity contribution in [1.29, 1.82) is 0 Å². The van der Waals surface area contributed by atoms with Gasteiger partial charge in [0.15, 0.2) is 5.78 Å². The zero-order valence-electron chi connectivity index (χ0n) is 15.1. The molecule has 0 saturated heterocycles. The van der Waals surface area contributed by atoms with E-state index >= 15 is 0 Å². The van der Waals surface area contributed by atoms with E-state index in [2.05, 4.69) is 17.5 Å². The number of nitrogens with one attached hydrogen (secondary N) is 1. The standard InChI is InChI=1S/C22H24FNO2/c1-15-22(25)21(14-16-5-9-18(23)10-6-16)20(4-3-13-24-15)17-7-11-19(26-2)12-8-17/h3-12,15,20-21,24H,13-14H2,1-2H3/b4-3-/t15-,20-,21-/m0/s1. The van der Waals surface area contributed by atoms with Crippen molar-refractivity contribution >= 4 is 5.78 Å². The van der Waals surface area contributed by atoms with E-state index in [9.17, 15) is 9.18 Å². The van der Waals surface area contributed by atoms with Crippen LogP contribution in [0.15, 0.2) is 60.7 Å². The third-order valence-corrected chi connectivity index (χ3v) is 4.98. The highest BCUT2D eigenvalue weighted by Crippen LogP contribution is 2.32. The number of Topliss-reactive ketones (excluding diaryl/α,β-unsaturated/α-hetero) is 1. The topological polar surface area (TPSA) is 38.3 Å². The van der Waals surface area contributed by atoms with E-state index in [1.807, 2.05) is 31.2 Å². The molecule has 136 valence electrons. The predicted octanol–water partition coefficient (Wildman–Crippen LogP) is 3.89. The highest BCUT2D eigenvalue weighted by molar-refractivity contribution is 5.87. The smallest absolute Gasteiger partial charge is 0.153 e. The molecule has 1 N–H and O–H groups in total. The number of carbonyl (C=O) groups excluding carboxylic acids is 1. The number of halogens is 1. The lowest BCUT2D eigenvalue weighted by molar-refractivity contribution is -0.125. The Morgan fingerprint density at radius 1 is 1.12 bits per heavy atom. The van der Waals surface area contributed by atoms with Gasteiger partial charge in [-0.1, -0.05) is 36.4 Å². The molecule has 0 radical (unpaired) electrons. The Kier molecular flexibility index (Phi) is 5.84. The number of allylic oxidation sites excluding steroid dienone is 1. The normalized spacial score (nSPS) is 24.6. The summed E-state index contributed by atoms with van der Waals surface area (Å²) in [6.07, 6.45) is 4.76. The molecular weight excluding hydrogens is 329 g/mol. The number of hydrogen-bond donors (Lipinski definition) is 1.